The van der Waals surface area contributed by atoms with E-state index in [0.717, 1.165) is 0 Å². The van der Waals surface area contributed by atoms with Gasteiger partial charge in [0.1, 0.15) is 11.8 Å². The van der Waals surface area contributed by atoms with E-state index in [0.29, 0.717) is 17.7 Å². The molecule has 0 aliphatic carbocycles. The molecule has 1 saturated heterocycles. The van der Waals surface area contributed by atoms with Crippen molar-refractivity contribution in [1.82, 2.24) is 10.6 Å². The molecule has 0 aromatic heterocycles. The number of hydrogen-bond donors (Lipinski definition) is 2. The number of para-hydroxylation sites is 1. The number of amides is 3. The van der Waals surface area contributed by atoms with Gasteiger partial charge in [0, 0.05) is 6.42 Å². The van der Waals surface area contributed by atoms with Crippen molar-refractivity contribution >= 4 is 17.7 Å². The zero-order valence-corrected chi connectivity index (χ0v) is 10.4. The van der Waals surface area contributed by atoms with E-state index in [9.17, 15) is 14.4 Å². The minimum Gasteiger partial charge on any atom is -0.496 e. The van der Waals surface area contributed by atoms with Gasteiger partial charge in [-0.05, 0) is 18.6 Å². The second-order valence-electron chi connectivity index (χ2n) is 4.18. The van der Waals surface area contributed by atoms with Gasteiger partial charge in [0.25, 0.3) is 5.91 Å². The molecule has 1 aliphatic rings. The Bertz CT molecular complexity index is 527. The SMILES string of the molecule is COc1ccccc1C(=O)NC1CCC(=O)NC1=O. The first-order valence-electron chi connectivity index (χ1n) is 5.89. The Hall–Kier alpha value is -2.37. The number of nitrogens with one attached hydrogen (secondary N) is 2. The number of rotatable bonds is 3. The Labute approximate surface area is 110 Å². The Balaban J connectivity index is 2.09. The van der Waals surface area contributed by atoms with E-state index in [1.807, 2.05) is 0 Å². The third-order valence-electron chi connectivity index (χ3n) is 2.90. The molecule has 1 unspecified atom stereocenters. The molecule has 19 heavy (non-hydrogen) atoms. The van der Waals surface area contributed by atoms with Gasteiger partial charge in [-0.2, -0.15) is 0 Å². The lowest BCUT2D eigenvalue weighted by molar-refractivity contribution is -0.134. The average Bonchev–Trinajstić information content (AvgIpc) is 2.41. The Kier molecular flexibility index (Phi) is 3.79. The zero-order valence-electron chi connectivity index (χ0n) is 10.4. The molecular weight excluding hydrogens is 248 g/mol. The summed E-state index contributed by atoms with van der Waals surface area (Å²) < 4.78 is 5.08. The zero-order chi connectivity index (χ0) is 13.8. The third-order valence-corrected chi connectivity index (χ3v) is 2.90. The molecule has 1 heterocycles. The predicted octanol–water partition coefficient (Wildman–Crippen LogP) is 0.230. The van der Waals surface area contributed by atoms with Crippen molar-refractivity contribution in [3.8, 4) is 5.75 Å². The van der Waals surface area contributed by atoms with Crippen LogP contribution in [0.2, 0.25) is 0 Å². The molecular formula is C13H14N2O4. The standard InChI is InChI=1S/C13H14N2O4/c1-19-10-5-3-2-4-8(10)12(17)14-9-6-7-11(16)15-13(9)18/h2-5,9H,6-7H2,1H3,(H,14,17)(H,15,16,18). The number of carbonyl (C=O) groups excluding carboxylic acids is 3. The Morgan fingerprint density at radius 2 is 2.11 bits per heavy atom. The third kappa shape index (κ3) is 2.90. The first-order chi connectivity index (χ1) is 9.11. The minimum absolute atomic E-state index is 0.225. The quantitative estimate of drug-likeness (QED) is 0.764. The maximum absolute atomic E-state index is 12.1. The second-order valence-corrected chi connectivity index (χ2v) is 4.18. The van der Waals surface area contributed by atoms with Crippen LogP contribution in [0, 0.1) is 0 Å². The highest BCUT2D eigenvalue weighted by atomic mass is 16.5. The van der Waals surface area contributed by atoms with Crippen LogP contribution in [0.15, 0.2) is 24.3 Å². The van der Waals surface area contributed by atoms with Crippen molar-refractivity contribution in [2.45, 2.75) is 18.9 Å². The molecule has 6 heteroatoms. The molecule has 100 valence electrons. The monoisotopic (exact) mass is 262 g/mol. The number of methoxy groups -OCH3 is 1. The normalized spacial score (nSPS) is 18.7. The van der Waals surface area contributed by atoms with Gasteiger partial charge < -0.3 is 10.1 Å². The van der Waals surface area contributed by atoms with Crippen LogP contribution in [-0.2, 0) is 9.59 Å². The number of imide groups is 1. The smallest absolute Gasteiger partial charge is 0.255 e. The molecule has 0 bridgehead atoms. The number of hydrogen-bond acceptors (Lipinski definition) is 4. The van der Waals surface area contributed by atoms with E-state index in [4.69, 9.17) is 4.74 Å². The number of carbonyl (C=O) groups is 3. The van der Waals surface area contributed by atoms with Crippen molar-refractivity contribution in [1.29, 1.82) is 0 Å². The largest absolute Gasteiger partial charge is 0.496 e. The number of piperidine rings is 1. The molecule has 2 N–H and O–H groups in total. The summed E-state index contributed by atoms with van der Waals surface area (Å²) in [6.07, 6.45) is 0.536. The Morgan fingerprint density at radius 3 is 2.79 bits per heavy atom. The van der Waals surface area contributed by atoms with E-state index < -0.39 is 17.9 Å². The summed E-state index contributed by atoms with van der Waals surface area (Å²) in [5, 5.41) is 4.79. The molecule has 0 saturated carbocycles. The van der Waals surface area contributed by atoms with E-state index in [-0.39, 0.29) is 12.3 Å². The molecule has 0 radical (unpaired) electrons. The summed E-state index contributed by atoms with van der Waals surface area (Å²) in [7, 11) is 1.47. The van der Waals surface area contributed by atoms with Gasteiger partial charge in [0.15, 0.2) is 0 Å². The summed E-state index contributed by atoms with van der Waals surface area (Å²) in [6.45, 7) is 0. The van der Waals surface area contributed by atoms with Gasteiger partial charge in [0.05, 0.1) is 12.7 Å². The molecule has 1 fully saturated rings. The number of benzene rings is 1. The van der Waals surface area contributed by atoms with Gasteiger partial charge in [-0.15, -0.1) is 0 Å². The van der Waals surface area contributed by atoms with Gasteiger partial charge >= 0.3 is 0 Å². The average molecular weight is 262 g/mol. The maximum Gasteiger partial charge on any atom is 0.255 e. The Morgan fingerprint density at radius 1 is 1.37 bits per heavy atom. The molecule has 1 aromatic rings. The fourth-order valence-corrected chi connectivity index (χ4v) is 1.90. The van der Waals surface area contributed by atoms with Crippen molar-refractivity contribution in [3.63, 3.8) is 0 Å². The predicted molar refractivity (Wildman–Crippen MR) is 66.6 cm³/mol. The van der Waals surface area contributed by atoms with E-state index in [1.165, 1.54) is 7.11 Å². The van der Waals surface area contributed by atoms with Crippen LogP contribution >= 0.6 is 0 Å². The van der Waals surface area contributed by atoms with Gasteiger partial charge in [-0.1, -0.05) is 12.1 Å². The molecule has 2 rings (SSSR count). The lowest BCUT2D eigenvalue weighted by Gasteiger charge is -2.22. The fourth-order valence-electron chi connectivity index (χ4n) is 1.90. The number of ether oxygens (including phenoxy) is 1. The van der Waals surface area contributed by atoms with Crippen LogP contribution in [-0.4, -0.2) is 30.9 Å². The summed E-state index contributed by atoms with van der Waals surface area (Å²) >= 11 is 0. The summed E-state index contributed by atoms with van der Waals surface area (Å²) in [6, 6.07) is 6.05. The van der Waals surface area contributed by atoms with Crippen LogP contribution < -0.4 is 15.4 Å². The molecule has 0 spiro atoms. The summed E-state index contributed by atoms with van der Waals surface area (Å²) in [5.74, 6) is -0.744. The van der Waals surface area contributed by atoms with Gasteiger partial charge in [0.2, 0.25) is 11.8 Å². The first-order valence-corrected chi connectivity index (χ1v) is 5.89. The molecule has 1 aromatic carbocycles. The highest BCUT2D eigenvalue weighted by molar-refractivity contribution is 6.04. The first kappa shape index (κ1) is 13.1. The van der Waals surface area contributed by atoms with Crippen LogP contribution in [0.1, 0.15) is 23.2 Å². The maximum atomic E-state index is 12.1. The van der Waals surface area contributed by atoms with Crippen molar-refractivity contribution in [2.75, 3.05) is 7.11 Å². The van der Waals surface area contributed by atoms with Crippen molar-refractivity contribution in [3.05, 3.63) is 29.8 Å². The summed E-state index contributed by atoms with van der Waals surface area (Å²) in [5.41, 5.74) is 0.356. The highest BCUT2D eigenvalue weighted by Gasteiger charge is 2.28. The van der Waals surface area contributed by atoms with Crippen LogP contribution in [0.3, 0.4) is 0 Å². The lowest BCUT2D eigenvalue weighted by atomic mass is 10.1. The van der Waals surface area contributed by atoms with Crippen molar-refractivity contribution in [2.24, 2.45) is 0 Å². The molecule has 3 amide bonds. The molecule has 1 atom stereocenters. The molecule has 1 aliphatic heterocycles. The van der Waals surface area contributed by atoms with Crippen LogP contribution in [0.25, 0.3) is 0 Å². The van der Waals surface area contributed by atoms with Gasteiger partial charge in [-0.3, -0.25) is 19.7 Å². The topological polar surface area (TPSA) is 84.5 Å². The highest BCUT2D eigenvalue weighted by Crippen LogP contribution is 2.17. The second kappa shape index (κ2) is 5.51. The lowest BCUT2D eigenvalue weighted by Crippen LogP contribution is -2.52. The molecule has 6 nitrogen and oxygen atoms in total. The van der Waals surface area contributed by atoms with E-state index in [1.54, 1.807) is 24.3 Å². The fraction of sp³-hybridized carbons (Fsp3) is 0.308. The minimum atomic E-state index is -0.685. The van der Waals surface area contributed by atoms with Gasteiger partial charge in [-0.25, -0.2) is 0 Å². The van der Waals surface area contributed by atoms with Crippen LogP contribution in [0.4, 0.5) is 0 Å². The van der Waals surface area contributed by atoms with E-state index >= 15 is 0 Å². The van der Waals surface area contributed by atoms with E-state index in [2.05, 4.69) is 10.6 Å². The van der Waals surface area contributed by atoms with Crippen molar-refractivity contribution < 1.29 is 19.1 Å². The van der Waals surface area contributed by atoms with Crippen LogP contribution in [0.5, 0.6) is 5.75 Å². The summed E-state index contributed by atoms with van der Waals surface area (Å²) in [4.78, 5) is 34.6.